The fraction of sp³-hybridized carbons (Fsp3) is 0.462. The van der Waals surface area contributed by atoms with E-state index in [2.05, 4.69) is 4.90 Å². The average molecular weight is 288 g/mol. The van der Waals surface area contributed by atoms with Crippen LogP contribution < -0.4 is 0 Å². The van der Waals surface area contributed by atoms with E-state index < -0.39 is 5.97 Å². The fourth-order valence-electron chi connectivity index (χ4n) is 2.40. The molecule has 0 aliphatic carbocycles. The van der Waals surface area contributed by atoms with Crippen LogP contribution in [0.3, 0.4) is 0 Å². The van der Waals surface area contributed by atoms with E-state index in [1.807, 2.05) is 6.07 Å². The molecular formula is C13H15Cl2NO2. The number of aliphatic carboxylic acids is 1. The van der Waals surface area contributed by atoms with Crippen LogP contribution in [0.4, 0.5) is 0 Å². The summed E-state index contributed by atoms with van der Waals surface area (Å²) in [4.78, 5) is 13.2. The zero-order valence-electron chi connectivity index (χ0n) is 9.90. The van der Waals surface area contributed by atoms with Crippen LogP contribution in [0.2, 0.25) is 10.0 Å². The van der Waals surface area contributed by atoms with E-state index in [4.69, 9.17) is 28.3 Å². The van der Waals surface area contributed by atoms with Crippen molar-refractivity contribution in [2.45, 2.75) is 25.3 Å². The Balaban J connectivity index is 2.26. The van der Waals surface area contributed by atoms with Gasteiger partial charge in [-0.3, -0.25) is 9.69 Å². The fourth-order valence-corrected chi connectivity index (χ4v) is 2.70. The lowest BCUT2D eigenvalue weighted by molar-refractivity contribution is -0.138. The zero-order valence-corrected chi connectivity index (χ0v) is 11.4. The molecule has 0 radical (unpaired) electrons. The normalized spacial score (nSPS) is 17.9. The number of nitrogens with zero attached hydrogens (tertiary/aromatic N) is 1. The summed E-state index contributed by atoms with van der Waals surface area (Å²) < 4.78 is 0. The SMILES string of the molecule is O=C(O)CC(c1ccc(Cl)c(Cl)c1)N1CCCC1. The Labute approximate surface area is 116 Å². The zero-order chi connectivity index (χ0) is 13.1. The molecule has 1 aromatic carbocycles. The first-order valence-corrected chi connectivity index (χ1v) is 6.74. The molecule has 1 aromatic rings. The van der Waals surface area contributed by atoms with Crippen molar-refractivity contribution in [1.29, 1.82) is 0 Å². The number of carboxylic acids is 1. The van der Waals surface area contributed by atoms with E-state index in [0.717, 1.165) is 31.5 Å². The maximum Gasteiger partial charge on any atom is 0.305 e. The van der Waals surface area contributed by atoms with E-state index in [9.17, 15) is 4.79 Å². The molecule has 1 aliphatic rings. The highest BCUT2D eigenvalue weighted by Gasteiger charge is 2.25. The van der Waals surface area contributed by atoms with Gasteiger partial charge in [0.1, 0.15) is 0 Å². The van der Waals surface area contributed by atoms with Crippen molar-refractivity contribution in [1.82, 2.24) is 4.90 Å². The van der Waals surface area contributed by atoms with Gasteiger partial charge in [0.05, 0.1) is 16.5 Å². The van der Waals surface area contributed by atoms with Gasteiger partial charge >= 0.3 is 5.97 Å². The Morgan fingerprint density at radius 1 is 1.28 bits per heavy atom. The van der Waals surface area contributed by atoms with Gasteiger partial charge in [0.2, 0.25) is 0 Å². The molecular weight excluding hydrogens is 273 g/mol. The van der Waals surface area contributed by atoms with Crippen molar-refractivity contribution in [3.8, 4) is 0 Å². The standard InChI is InChI=1S/C13H15Cl2NO2/c14-10-4-3-9(7-11(10)15)12(8-13(17)18)16-5-1-2-6-16/h3-4,7,12H,1-2,5-6,8H2,(H,17,18). The number of carboxylic acid groups (broad SMARTS) is 1. The van der Waals surface area contributed by atoms with Crippen LogP contribution in [0.25, 0.3) is 0 Å². The minimum atomic E-state index is -0.794. The molecule has 1 atom stereocenters. The Morgan fingerprint density at radius 2 is 1.94 bits per heavy atom. The second kappa shape index (κ2) is 5.91. The number of rotatable bonds is 4. The van der Waals surface area contributed by atoms with Crippen molar-refractivity contribution < 1.29 is 9.90 Å². The Kier molecular flexibility index (Phi) is 4.49. The summed E-state index contributed by atoms with van der Waals surface area (Å²) in [5, 5.41) is 10.0. The molecule has 1 saturated heterocycles. The first kappa shape index (κ1) is 13.7. The lowest BCUT2D eigenvalue weighted by atomic mass is 10.0. The Hall–Kier alpha value is -0.770. The van der Waals surface area contributed by atoms with Crippen molar-refractivity contribution >= 4 is 29.2 Å². The van der Waals surface area contributed by atoms with Crippen molar-refractivity contribution in [2.24, 2.45) is 0 Å². The molecule has 5 heteroatoms. The largest absolute Gasteiger partial charge is 0.481 e. The van der Waals surface area contributed by atoms with Crippen LogP contribution >= 0.6 is 23.2 Å². The molecule has 1 heterocycles. The van der Waals surface area contributed by atoms with Gasteiger partial charge in [0.15, 0.2) is 0 Å². The molecule has 0 amide bonds. The highest BCUT2D eigenvalue weighted by Crippen LogP contribution is 2.32. The van der Waals surface area contributed by atoms with Gasteiger partial charge in [-0.2, -0.15) is 0 Å². The van der Waals surface area contributed by atoms with Crippen LogP contribution in [-0.2, 0) is 4.79 Å². The molecule has 1 unspecified atom stereocenters. The minimum Gasteiger partial charge on any atom is -0.481 e. The van der Waals surface area contributed by atoms with E-state index in [1.54, 1.807) is 12.1 Å². The van der Waals surface area contributed by atoms with Crippen molar-refractivity contribution in [2.75, 3.05) is 13.1 Å². The third-order valence-corrected chi connectivity index (χ3v) is 4.02. The highest BCUT2D eigenvalue weighted by molar-refractivity contribution is 6.42. The maximum absolute atomic E-state index is 11.0. The summed E-state index contributed by atoms with van der Waals surface area (Å²) >= 11 is 11.9. The smallest absolute Gasteiger partial charge is 0.305 e. The second-order valence-corrected chi connectivity index (χ2v) is 5.34. The molecule has 1 fully saturated rings. The van der Waals surface area contributed by atoms with Crippen LogP contribution in [0, 0.1) is 0 Å². The number of benzene rings is 1. The van der Waals surface area contributed by atoms with E-state index in [0.29, 0.717) is 10.0 Å². The average Bonchev–Trinajstić information content (AvgIpc) is 2.83. The Bertz CT molecular complexity index is 445. The molecule has 1 aliphatic heterocycles. The molecule has 0 spiro atoms. The predicted octanol–water partition coefficient (Wildman–Crippen LogP) is 3.61. The van der Waals surface area contributed by atoms with Crippen LogP contribution in [0.15, 0.2) is 18.2 Å². The summed E-state index contributed by atoms with van der Waals surface area (Å²) in [6.07, 6.45) is 2.34. The van der Waals surface area contributed by atoms with E-state index in [1.165, 1.54) is 0 Å². The molecule has 18 heavy (non-hydrogen) atoms. The summed E-state index contributed by atoms with van der Waals surface area (Å²) in [5.41, 5.74) is 0.925. The van der Waals surface area contributed by atoms with Gasteiger partial charge in [-0.1, -0.05) is 29.3 Å². The highest BCUT2D eigenvalue weighted by atomic mass is 35.5. The quantitative estimate of drug-likeness (QED) is 0.920. The second-order valence-electron chi connectivity index (χ2n) is 4.53. The molecule has 0 saturated carbocycles. The maximum atomic E-state index is 11.0. The monoisotopic (exact) mass is 287 g/mol. The number of likely N-dealkylation sites (tertiary alicyclic amines) is 1. The molecule has 1 N–H and O–H groups in total. The van der Waals surface area contributed by atoms with E-state index in [-0.39, 0.29) is 12.5 Å². The topological polar surface area (TPSA) is 40.5 Å². The first-order chi connectivity index (χ1) is 8.58. The minimum absolute atomic E-state index is 0.0952. The van der Waals surface area contributed by atoms with Gasteiger partial charge in [0.25, 0.3) is 0 Å². The number of carbonyl (C=O) groups is 1. The number of halogens is 2. The number of hydrogen-bond donors (Lipinski definition) is 1. The molecule has 0 aromatic heterocycles. The van der Waals surface area contributed by atoms with Crippen molar-refractivity contribution in [3.63, 3.8) is 0 Å². The first-order valence-electron chi connectivity index (χ1n) is 5.98. The summed E-state index contributed by atoms with van der Waals surface area (Å²) in [6, 6.07) is 5.25. The van der Waals surface area contributed by atoms with Gasteiger partial charge < -0.3 is 5.11 Å². The van der Waals surface area contributed by atoms with Gasteiger partial charge in [-0.15, -0.1) is 0 Å². The lowest BCUT2D eigenvalue weighted by Crippen LogP contribution is -2.27. The van der Waals surface area contributed by atoms with Gasteiger partial charge in [0, 0.05) is 6.04 Å². The van der Waals surface area contributed by atoms with Crippen LogP contribution in [0.5, 0.6) is 0 Å². The summed E-state index contributed by atoms with van der Waals surface area (Å²) in [5.74, 6) is -0.794. The van der Waals surface area contributed by atoms with Gasteiger partial charge in [-0.25, -0.2) is 0 Å². The van der Waals surface area contributed by atoms with Gasteiger partial charge in [-0.05, 0) is 43.6 Å². The van der Waals surface area contributed by atoms with Crippen LogP contribution in [0.1, 0.15) is 30.9 Å². The predicted molar refractivity (Wildman–Crippen MR) is 72.3 cm³/mol. The van der Waals surface area contributed by atoms with Crippen LogP contribution in [-0.4, -0.2) is 29.1 Å². The number of hydrogen-bond acceptors (Lipinski definition) is 2. The molecule has 98 valence electrons. The molecule has 2 rings (SSSR count). The molecule has 0 bridgehead atoms. The van der Waals surface area contributed by atoms with Crippen molar-refractivity contribution in [3.05, 3.63) is 33.8 Å². The third kappa shape index (κ3) is 3.16. The Morgan fingerprint density at radius 3 is 2.50 bits per heavy atom. The molecule has 3 nitrogen and oxygen atoms in total. The summed E-state index contributed by atoms with van der Waals surface area (Å²) in [6.45, 7) is 1.89. The summed E-state index contributed by atoms with van der Waals surface area (Å²) in [7, 11) is 0. The lowest BCUT2D eigenvalue weighted by Gasteiger charge is -2.26. The van der Waals surface area contributed by atoms with E-state index >= 15 is 0 Å². The third-order valence-electron chi connectivity index (χ3n) is 3.28.